The van der Waals surface area contributed by atoms with E-state index in [4.69, 9.17) is 22.0 Å². The first kappa shape index (κ1) is 12.7. The van der Waals surface area contributed by atoms with Gasteiger partial charge in [0.15, 0.2) is 0 Å². The second-order valence-electron chi connectivity index (χ2n) is 4.52. The van der Waals surface area contributed by atoms with Crippen LogP contribution in [0, 0.1) is 17.2 Å². The second-order valence-corrected chi connectivity index (χ2v) is 4.93. The van der Waals surface area contributed by atoms with E-state index in [2.05, 4.69) is 5.32 Å². The van der Waals surface area contributed by atoms with Crippen LogP contribution in [0.25, 0.3) is 0 Å². The van der Waals surface area contributed by atoms with Crippen molar-refractivity contribution in [3.63, 3.8) is 0 Å². The fraction of sp³-hybridized carbons (Fsp3) is 0.385. The summed E-state index contributed by atoms with van der Waals surface area (Å²) in [6.45, 7) is 0. The number of carboxylic acids is 1. The quantitative estimate of drug-likeness (QED) is 0.858. The maximum absolute atomic E-state index is 11.1. The van der Waals surface area contributed by atoms with Crippen molar-refractivity contribution in [2.45, 2.75) is 25.3 Å². The standard InChI is InChI=1S/C13H13ClN2O2/c14-11-6-10(4-3-9(11)7-15)16-12(13(17)18)5-8-1-2-8/h3-4,6,8,12,16H,1-2,5H2,(H,17,18)/t12-/m0/s1. The number of nitrogens with one attached hydrogen (secondary N) is 1. The summed E-state index contributed by atoms with van der Waals surface area (Å²) in [5, 5.41) is 21.2. The van der Waals surface area contributed by atoms with Gasteiger partial charge >= 0.3 is 5.97 Å². The van der Waals surface area contributed by atoms with E-state index in [1.165, 1.54) is 0 Å². The molecule has 0 aliphatic heterocycles. The topological polar surface area (TPSA) is 73.1 Å². The van der Waals surface area contributed by atoms with Crippen LogP contribution >= 0.6 is 11.6 Å². The van der Waals surface area contributed by atoms with Crippen molar-refractivity contribution in [3.05, 3.63) is 28.8 Å². The summed E-state index contributed by atoms with van der Waals surface area (Å²) in [4.78, 5) is 11.1. The Morgan fingerprint density at radius 3 is 2.83 bits per heavy atom. The lowest BCUT2D eigenvalue weighted by Gasteiger charge is -2.15. The molecule has 2 rings (SSSR count). The van der Waals surface area contributed by atoms with Crippen LogP contribution in [0.4, 0.5) is 5.69 Å². The molecule has 0 spiro atoms. The molecular formula is C13H13ClN2O2. The fourth-order valence-electron chi connectivity index (χ4n) is 1.81. The lowest BCUT2D eigenvalue weighted by Crippen LogP contribution is -2.29. The molecule has 18 heavy (non-hydrogen) atoms. The number of hydrogen-bond acceptors (Lipinski definition) is 3. The molecule has 1 fully saturated rings. The van der Waals surface area contributed by atoms with Crippen LogP contribution in [0.15, 0.2) is 18.2 Å². The van der Waals surface area contributed by atoms with Gasteiger partial charge in [0, 0.05) is 5.69 Å². The zero-order valence-corrected chi connectivity index (χ0v) is 10.4. The minimum absolute atomic E-state index is 0.332. The van der Waals surface area contributed by atoms with Crippen LogP contribution in [0.2, 0.25) is 5.02 Å². The third-order valence-corrected chi connectivity index (χ3v) is 3.31. The van der Waals surface area contributed by atoms with Crippen molar-refractivity contribution < 1.29 is 9.90 Å². The van der Waals surface area contributed by atoms with Gasteiger partial charge in [-0.15, -0.1) is 0 Å². The molecule has 1 atom stereocenters. The average Bonchev–Trinajstić information content (AvgIpc) is 3.12. The van der Waals surface area contributed by atoms with Crippen LogP contribution in [-0.2, 0) is 4.79 Å². The lowest BCUT2D eigenvalue weighted by molar-refractivity contribution is -0.138. The van der Waals surface area contributed by atoms with Crippen molar-refractivity contribution in [3.8, 4) is 6.07 Å². The molecule has 2 N–H and O–H groups in total. The van der Waals surface area contributed by atoms with Gasteiger partial charge in [0.25, 0.3) is 0 Å². The summed E-state index contributed by atoms with van der Waals surface area (Å²) in [7, 11) is 0. The van der Waals surface area contributed by atoms with Crippen LogP contribution in [0.3, 0.4) is 0 Å². The Kier molecular flexibility index (Phi) is 3.73. The average molecular weight is 265 g/mol. The minimum atomic E-state index is -0.859. The number of benzene rings is 1. The van der Waals surface area contributed by atoms with E-state index < -0.39 is 12.0 Å². The summed E-state index contributed by atoms with van der Waals surface area (Å²) in [5.74, 6) is -0.338. The van der Waals surface area contributed by atoms with E-state index in [1.54, 1.807) is 18.2 Å². The number of carboxylic acid groups (broad SMARTS) is 1. The van der Waals surface area contributed by atoms with Gasteiger partial charge in [-0.05, 0) is 30.5 Å². The lowest BCUT2D eigenvalue weighted by atomic mass is 10.1. The van der Waals surface area contributed by atoms with Crippen LogP contribution in [-0.4, -0.2) is 17.1 Å². The Morgan fingerprint density at radius 1 is 1.61 bits per heavy atom. The van der Waals surface area contributed by atoms with Gasteiger partial charge in [0.2, 0.25) is 0 Å². The molecule has 1 aromatic carbocycles. The van der Waals surface area contributed by atoms with E-state index >= 15 is 0 Å². The third kappa shape index (κ3) is 3.14. The summed E-state index contributed by atoms with van der Waals surface area (Å²) in [6, 6.07) is 6.21. The van der Waals surface area contributed by atoms with E-state index in [9.17, 15) is 4.79 Å². The molecule has 1 aromatic rings. The van der Waals surface area contributed by atoms with Gasteiger partial charge < -0.3 is 10.4 Å². The molecule has 0 heterocycles. The van der Waals surface area contributed by atoms with Gasteiger partial charge in [0.05, 0.1) is 10.6 Å². The zero-order valence-electron chi connectivity index (χ0n) is 9.69. The summed E-state index contributed by atoms with van der Waals surface area (Å²) < 4.78 is 0. The second kappa shape index (κ2) is 5.28. The monoisotopic (exact) mass is 264 g/mol. The molecule has 1 aliphatic carbocycles. The predicted octanol–water partition coefficient (Wildman–Crippen LogP) is 2.88. The molecular weight excluding hydrogens is 252 g/mol. The molecule has 0 aromatic heterocycles. The first-order valence-corrected chi connectivity index (χ1v) is 6.17. The normalized spacial score (nSPS) is 15.8. The van der Waals surface area contributed by atoms with E-state index in [0.717, 1.165) is 12.8 Å². The smallest absolute Gasteiger partial charge is 0.326 e. The highest BCUT2D eigenvalue weighted by atomic mass is 35.5. The Morgan fingerprint density at radius 2 is 2.33 bits per heavy atom. The molecule has 94 valence electrons. The number of nitrogens with zero attached hydrogens (tertiary/aromatic N) is 1. The van der Waals surface area contributed by atoms with Crippen LogP contribution < -0.4 is 5.32 Å². The van der Waals surface area contributed by atoms with Gasteiger partial charge in [-0.1, -0.05) is 24.4 Å². The molecule has 0 bridgehead atoms. The Labute approximate surface area is 110 Å². The van der Waals surface area contributed by atoms with Crippen molar-refractivity contribution in [2.75, 3.05) is 5.32 Å². The molecule has 0 saturated heterocycles. The van der Waals surface area contributed by atoms with E-state index in [-0.39, 0.29) is 0 Å². The maximum Gasteiger partial charge on any atom is 0.326 e. The van der Waals surface area contributed by atoms with Crippen molar-refractivity contribution in [2.24, 2.45) is 5.92 Å². The molecule has 0 unspecified atom stereocenters. The number of anilines is 1. The highest BCUT2D eigenvalue weighted by molar-refractivity contribution is 6.32. The van der Waals surface area contributed by atoms with E-state index in [0.29, 0.717) is 28.6 Å². The van der Waals surface area contributed by atoms with Crippen LogP contribution in [0.1, 0.15) is 24.8 Å². The zero-order chi connectivity index (χ0) is 13.1. The predicted molar refractivity (Wildman–Crippen MR) is 68.6 cm³/mol. The van der Waals surface area contributed by atoms with Crippen molar-refractivity contribution in [1.82, 2.24) is 0 Å². The fourth-order valence-corrected chi connectivity index (χ4v) is 2.03. The number of carbonyl (C=O) groups is 1. The number of halogens is 1. The highest BCUT2D eigenvalue weighted by Gasteiger charge is 2.29. The first-order chi connectivity index (χ1) is 8.60. The minimum Gasteiger partial charge on any atom is -0.480 e. The number of hydrogen-bond donors (Lipinski definition) is 2. The highest BCUT2D eigenvalue weighted by Crippen LogP contribution is 2.34. The SMILES string of the molecule is N#Cc1ccc(N[C@@H](CC2CC2)C(=O)O)cc1Cl. The largest absolute Gasteiger partial charge is 0.480 e. The summed E-state index contributed by atoms with van der Waals surface area (Å²) in [5.41, 5.74) is 1.02. The molecule has 5 heteroatoms. The molecule has 1 aliphatic rings. The van der Waals surface area contributed by atoms with Crippen LogP contribution in [0.5, 0.6) is 0 Å². The maximum atomic E-state index is 11.1. The Balaban J connectivity index is 2.08. The van der Waals surface area contributed by atoms with Gasteiger partial charge in [-0.3, -0.25) is 0 Å². The van der Waals surface area contributed by atoms with Gasteiger partial charge in [0.1, 0.15) is 12.1 Å². The molecule has 0 amide bonds. The number of rotatable bonds is 5. The Bertz CT molecular complexity index is 506. The molecule has 1 saturated carbocycles. The number of aliphatic carboxylic acids is 1. The Hall–Kier alpha value is -1.73. The number of nitriles is 1. The summed E-state index contributed by atoms with van der Waals surface area (Å²) in [6.07, 6.45) is 2.85. The summed E-state index contributed by atoms with van der Waals surface area (Å²) >= 11 is 5.90. The van der Waals surface area contributed by atoms with Crippen molar-refractivity contribution in [1.29, 1.82) is 5.26 Å². The van der Waals surface area contributed by atoms with Crippen molar-refractivity contribution >= 4 is 23.3 Å². The molecule has 4 nitrogen and oxygen atoms in total. The van der Waals surface area contributed by atoms with Gasteiger partial charge in [-0.25, -0.2) is 4.79 Å². The van der Waals surface area contributed by atoms with Gasteiger partial charge in [-0.2, -0.15) is 5.26 Å². The third-order valence-electron chi connectivity index (χ3n) is 2.99. The van der Waals surface area contributed by atoms with E-state index in [1.807, 2.05) is 6.07 Å². The first-order valence-electron chi connectivity index (χ1n) is 5.79. The molecule has 0 radical (unpaired) electrons.